The Labute approximate surface area is 150 Å². The summed E-state index contributed by atoms with van der Waals surface area (Å²) in [6, 6.07) is 10.9. The van der Waals surface area contributed by atoms with Gasteiger partial charge in [0.2, 0.25) is 0 Å². The molecule has 3 aromatic rings. The lowest BCUT2D eigenvalue weighted by Crippen LogP contribution is -2.21. The number of carbonyl (C=O) groups is 1. The lowest BCUT2D eigenvalue weighted by molar-refractivity contribution is 0.0827. The fourth-order valence-electron chi connectivity index (χ4n) is 2.67. The van der Waals surface area contributed by atoms with Gasteiger partial charge in [0.05, 0.1) is 17.6 Å². The third kappa shape index (κ3) is 3.12. The molecule has 0 atom stereocenters. The van der Waals surface area contributed by atoms with Crippen LogP contribution in [0.5, 0.6) is 0 Å². The minimum absolute atomic E-state index is 0.0388. The summed E-state index contributed by atoms with van der Waals surface area (Å²) in [5, 5.41) is 1.29. The molecule has 0 fully saturated rings. The van der Waals surface area contributed by atoms with Gasteiger partial charge in [0.15, 0.2) is 0 Å². The van der Waals surface area contributed by atoms with Crippen molar-refractivity contribution in [3.8, 4) is 0 Å². The van der Waals surface area contributed by atoms with Crippen LogP contribution in [0.4, 0.5) is 0 Å². The molecule has 0 saturated heterocycles. The van der Waals surface area contributed by atoms with Gasteiger partial charge < -0.3 is 9.47 Å². The van der Waals surface area contributed by atoms with Crippen LogP contribution in [0.15, 0.2) is 36.4 Å². The second-order valence-corrected chi connectivity index (χ2v) is 6.73. The Balaban J connectivity index is 2.09. The Kier molecular flexibility index (Phi) is 4.52. The van der Waals surface area contributed by atoms with E-state index in [1.54, 1.807) is 37.2 Å². The Morgan fingerprint density at radius 2 is 1.92 bits per heavy atom. The fraction of sp³-hybridized carbons (Fsp3) is 0.222. The van der Waals surface area contributed by atoms with Crippen LogP contribution in [-0.4, -0.2) is 34.5 Å². The summed E-state index contributed by atoms with van der Waals surface area (Å²) in [6.45, 7) is 2.48. The average molecular weight is 362 g/mol. The molecule has 0 aliphatic heterocycles. The number of aromatic nitrogens is 2. The predicted molar refractivity (Wildman–Crippen MR) is 98.1 cm³/mol. The molecule has 124 valence electrons. The maximum absolute atomic E-state index is 12.2. The van der Waals surface area contributed by atoms with Crippen molar-refractivity contribution >= 4 is 40.1 Å². The first-order valence-electron chi connectivity index (χ1n) is 7.49. The van der Waals surface area contributed by atoms with Crippen LogP contribution in [0.2, 0.25) is 10.0 Å². The van der Waals surface area contributed by atoms with Gasteiger partial charge in [-0.2, -0.15) is 0 Å². The third-order valence-electron chi connectivity index (χ3n) is 3.93. The summed E-state index contributed by atoms with van der Waals surface area (Å²) in [5.74, 6) is 0.818. The summed E-state index contributed by atoms with van der Waals surface area (Å²) < 4.78 is 2.04. The van der Waals surface area contributed by atoms with Crippen molar-refractivity contribution in [2.75, 3.05) is 14.1 Å². The van der Waals surface area contributed by atoms with Gasteiger partial charge in [-0.05, 0) is 48.9 Å². The van der Waals surface area contributed by atoms with Gasteiger partial charge in [-0.25, -0.2) is 4.98 Å². The molecule has 0 saturated carbocycles. The molecule has 0 aliphatic rings. The quantitative estimate of drug-likeness (QED) is 0.693. The van der Waals surface area contributed by atoms with Crippen LogP contribution >= 0.6 is 23.2 Å². The Morgan fingerprint density at radius 1 is 1.17 bits per heavy atom. The zero-order valence-electron chi connectivity index (χ0n) is 13.7. The van der Waals surface area contributed by atoms with Gasteiger partial charge in [-0.15, -0.1) is 0 Å². The molecule has 0 spiro atoms. The molecule has 2 aromatic carbocycles. The van der Waals surface area contributed by atoms with E-state index in [-0.39, 0.29) is 5.91 Å². The van der Waals surface area contributed by atoms with E-state index in [0.717, 1.165) is 22.4 Å². The second kappa shape index (κ2) is 6.46. The molecular formula is C18H17Cl2N3O. The molecular weight excluding hydrogens is 345 g/mol. The number of aryl methyl sites for hydroxylation is 1. The van der Waals surface area contributed by atoms with Gasteiger partial charge in [-0.3, -0.25) is 4.79 Å². The van der Waals surface area contributed by atoms with Gasteiger partial charge in [0.1, 0.15) is 5.82 Å². The number of fused-ring (bicyclic) bond motifs is 1. The molecule has 6 heteroatoms. The number of halogens is 2. The van der Waals surface area contributed by atoms with E-state index in [2.05, 4.69) is 4.98 Å². The predicted octanol–water partition coefficient (Wildman–Crippen LogP) is 4.40. The summed E-state index contributed by atoms with van der Waals surface area (Å²) in [7, 11) is 3.47. The molecule has 1 amide bonds. The van der Waals surface area contributed by atoms with Crippen LogP contribution in [-0.2, 0) is 6.54 Å². The maximum Gasteiger partial charge on any atom is 0.253 e. The van der Waals surface area contributed by atoms with Gasteiger partial charge in [-0.1, -0.05) is 23.2 Å². The van der Waals surface area contributed by atoms with Crippen LogP contribution in [0.25, 0.3) is 11.0 Å². The van der Waals surface area contributed by atoms with Crippen LogP contribution in [0.3, 0.4) is 0 Å². The highest BCUT2D eigenvalue weighted by atomic mass is 35.5. The lowest BCUT2D eigenvalue weighted by atomic mass is 10.1. The van der Waals surface area contributed by atoms with E-state index >= 15 is 0 Å². The normalized spacial score (nSPS) is 11.0. The van der Waals surface area contributed by atoms with E-state index in [9.17, 15) is 4.79 Å². The molecule has 1 aromatic heterocycles. The average Bonchev–Trinajstić information content (AvgIpc) is 2.85. The minimum Gasteiger partial charge on any atom is -0.345 e. The minimum atomic E-state index is -0.0388. The van der Waals surface area contributed by atoms with Crippen molar-refractivity contribution in [1.29, 1.82) is 0 Å². The second-order valence-electron chi connectivity index (χ2n) is 5.88. The number of hydrogen-bond acceptors (Lipinski definition) is 2. The topological polar surface area (TPSA) is 38.1 Å². The summed E-state index contributed by atoms with van der Waals surface area (Å²) >= 11 is 12.4. The number of imidazole rings is 1. The van der Waals surface area contributed by atoms with Crippen molar-refractivity contribution in [2.24, 2.45) is 0 Å². The molecule has 0 aliphatic carbocycles. The lowest BCUT2D eigenvalue weighted by Gasteiger charge is -2.12. The van der Waals surface area contributed by atoms with E-state index < -0.39 is 0 Å². The molecule has 24 heavy (non-hydrogen) atoms. The molecule has 3 rings (SSSR count). The van der Waals surface area contributed by atoms with Crippen LogP contribution in [0, 0.1) is 6.92 Å². The number of amides is 1. The summed E-state index contributed by atoms with van der Waals surface area (Å²) in [5.41, 5.74) is 3.29. The monoisotopic (exact) mass is 361 g/mol. The van der Waals surface area contributed by atoms with Crippen molar-refractivity contribution in [3.05, 3.63) is 63.4 Å². The maximum atomic E-state index is 12.2. The first kappa shape index (κ1) is 16.8. The molecule has 0 N–H and O–H groups in total. The zero-order chi connectivity index (χ0) is 17.4. The molecule has 0 radical (unpaired) electrons. The van der Waals surface area contributed by atoms with Gasteiger partial charge >= 0.3 is 0 Å². The van der Waals surface area contributed by atoms with Crippen LogP contribution in [0.1, 0.15) is 21.7 Å². The van der Waals surface area contributed by atoms with Crippen molar-refractivity contribution in [2.45, 2.75) is 13.5 Å². The van der Waals surface area contributed by atoms with Crippen molar-refractivity contribution < 1.29 is 4.79 Å². The van der Waals surface area contributed by atoms with E-state index in [0.29, 0.717) is 22.2 Å². The highest BCUT2D eigenvalue weighted by Crippen LogP contribution is 2.25. The Hall–Kier alpha value is -2.04. The summed E-state index contributed by atoms with van der Waals surface area (Å²) in [6.07, 6.45) is 0. The van der Waals surface area contributed by atoms with E-state index in [1.807, 2.05) is 29.7 Å². The highest BCUT2D eigenvalue weighted by molar-refractivity contribution is 6.33. The van der Waals surface area contributed by atoms with E-state index in [1.165, 1.54) is 0 Å². The first-order chi connectivity index (χ1) is 11.4. The van der Waals surface area contributed by atoms with Gasteiger partial charge in [0, 0.05) is 29.7 Å². The highest BCUT2D eigenvalue weighted by Gasteiger charge is 2.14. The van der Waals surface area contributed by atoms with E-state index in [4.69, 9.17) is 23.2 Å². The standard InChI is InChI=1S/C18H17Cl2N3O/c1-11-21-16-7-4-12(18(24)22(2)3)9-17(16)23(11)10-13-8-14(19)5-6-15(13)20/h4-9H,10H2,1-3H3. The third-order valence-corrected chi connectivity index (χ3v) is 4.53. The first-order valence-corrected chi connectivity index (χ1v) is 8.25. The fourth-order valence-corrected chi connectivity index (χ4v) is 3.04. The Morgan fingerprint density at radius 3 is 2.62 bits per heavy atom. The zero-order valence-corrected chi connectivity index (χ0v) is 15.2. The number of benzene rings is 2. The number of carbonyl (C=O) groups excluding carboxylic acids is 1. The number of rotatable bonds is 3. The smallest absolute Gasteiger partial charge is 0.253 e. The van der Waals surface area contributed by atoms with Crippen molar-refractivity contribution in [1.82, 2.24) is 14.5 Å². The van der Waals surface area contributed by atoms with Crippen LogP contribution < -0.4 is 0 Å². The van der Waals surface area contributed by atoms with Gasteiger partial charge in [0.25, 0.3) is 5.91 Å². The Bertz CT molecular complexity index is 931. The SMILES string of the molecule is Cc1nc2ccc(C(=O)N(C)C)cc2n1Cc1cc(Cl)ccc1Cl. The molecule has 4 nitrogen and oxygen atoms in total. The molecule has 1 heterocycles. The van der Waals surface area contributed by atoms with Crippen molar-refractivity contribution in [3.63, 3.8) is 0 Å². The number of nitrogens with zero attached hydrogens (tertiary/aromatic N) is 3. The largest absolute Gasteiger partial charge is 0.345 e. The summed E-state index contributed by atoms with van der Waals surface area (Å²) in [4.78, 5) is 18.3. The molecule has 0 bridgehead atoms. The number of hydrogen-bond donors (Lipinski definition) is 0. The molecule has 0 unspecified atom stereocenters.